The van der Waals surface area contributed by atoms with Crippen molar-refractivity contribution in [2.24, 2.45) is 0 Å². The second-order valence-electron chi connectivity index (χ2n) is 6.20. The summed E-state index contributed by atoms with van der Waals surface area (Å²) in [5.41, 5.74) is 4.50. The van der Waals surface area contributed by atoms with Crippen LogP contribution in [-0.4, -0.2) is 34.1 Å². The third-order valence-electron chi connectivity index (χ3n) is 4.52. The van der Waals surface area contributed by atoms with Crippen LogP contribution in [0.4, 0.5) is 5.82 Å². The topological polar surface area (TPSA) is 65.6 Å². The zero-order valence-corrected chi connectivity index (χ0v) is 13.3. The van der Waals surface area contributed by atoms with Crippen molar-refractivity contribution in [3.05, 3.63) is 42.4 Å². The predicted octanol–water partition coefficient (Wildman–Crippen LogP) is 3.10. The summed E-state index contributed by atoms with van der Waals surface area (Å²) in [6.07, 6.45) is 7.93. The standard InChI is InChI=1S/C18H21N5/c1-12-8-18(22-14-3-6-19-7-4-14)21-10-15(12)16-9-13-2-5-20-11-17(13)23-16/h2,5,8-11,14,19,23H,3-4,6-7H2,1H3,(H,21,22). The highest BCUT2D eigenvalue weighted by Crippen LogP contribution is 2.27. The first-order valence-corrected chi connectivity index (χ1v) is 8.16. The number of hydrogen-bond acceptors (Lipinski definition) is 4. The number of piperidine rings is 1. The van der Waals surface area contributed by atoms with Gasteiger partial charge in [-0.3, -0.25) is 4.98 Å². The van der Waals surface area contributed by atoms with E-state index in [2.05, 4.69) is 44.6 Å². The quantitative estimate of drug-likeness (QED) is 0.695. The van der Waals surface area contributed by atoms with E-state index in [0.717, 1.165) is 48.5 Å². The molecule has 4 rings (SSSR count). The summed E-state index contributed by atoms with van der Waals surface area (Å²) in [5.74, 6) is 0.968. The van der Waals surface area contributed by atoms with E-state index in [1.165, 1.54) is 10.9 Å². The Morgan fingerprint density at radius 2 is 2.04 bits per heavy atom. The number of aromatic nitrogens is 3. The molecule has 0 aromatic carbocycles. The van der Waals surface area contributed by atoms with Crippen LogP contribution in [0, 0.1) is 6.92 Å². The van der Waals surface area contributed by atoms with Gasteiger partial charge in [0.15, 0.2) is 0 Å². The number of hydrogen-bond donors (Lipinski definition) is 3. The summed E-state index contributed by atoms with van der Waals surface area (Å²) >= 11 is 0. The van der Waals surface area contributed by atoms with Crippen LogP contribution in [0.25, 0.3) is 22.2 Å². The SMILES string of the molecule is Cc1cc(NC2CCNCC2)ncc1-c1cc2ccncc2[nH]1. The van der Waals surface area contributed by atoms with Crippen LogP contribution < -0.4 is 10.6 Å². The maximum atomic E-state index is 4.61. The van der Waals surface area contributed by atoms with Crippen LogP contribution in [0.1, 0.15) is 18.4 Å². The molecular formula is C18H21N5. The molecule has 1 aliphatic rings. The average Bonchev–Trinajstić information content (AvgIpc) is 2.99. The molecule has 3 aromatic rings. The van der Waals surface area contributed by atoms with E-state index in [1.54, 1.807) is 0 Å². The maximum absolute atomic E-state index is 4.61. The van der Waals surface area contributed by atoms with E-state index in [1.807, 2.05) is 24.7 Å². The van der Waals surface area contributed by atoms with Crippen molar-refractivity contribution in [3.8, 4) is 11.3 Å². The third kappa shape index (κ3) is 2.92. The highest BCUT2D eigenvalue weighted by Gasteiger charge is 2.14. The molecule has 3 N–H and O–H groups in total. The van der Waals surface area contributed by atoms with Crippen LogP contribution in [0.15, 0.2) is 36.8 Å². The Bertz CT molecular complexity index is 784. The predicted molar refractivity (Wildman–Crippen MR) is 93.6 cm³/mol. The zero-order valence-electron chi connectivity index (χ0n) is 13.3. The van der Waals surface area contributed by atoms with Gasteiger partial charge in [-0.2, -0.15) is 0 Å². The van der Waals surface area contributed by atoms with Gasteiger partial charge in [-0.05, 0) is 56.6 Å². The first-order valence-electron chi connectivity index (χ1n) is 8.16. The number of aryl methyl sites for hydroxylation is 1. The van der Waals surface area contributed by atoms with Crippen molar-refractivity contribution in [3.63, 3.8) is 0 Å². The van der Waals surface area contributed by atoms with Crippen LogP contribution >= 0.6 is 0 Å². The normalized spacial score (nSPS) is 15.9. The second-order valence-corrected chi connectivity index (χ2v) is 6.20. The fourth-order valence-electron chi connectivity index (χ4n) is 3.21. The molecule has 0 aliphatic carbocycles. The molecule has 1 fully saturated rings. The summed E-state index contributed by atoms with van der Waals surface area (Å²) in [6.45, 7) is 4.30. The Hall–Kier alpha value is -2.40. The van der Waals surface area contributed by atoms with Gasteiger partial charge in [-0.25, -0.2) is 4.98 Å². The summed E-state index contributed by atoms with van der Waals surface area (Å²) in [6, 6.07) is 6.83. The maximum Gasteiger partial charge on any atom is 0.126 e. The lowest BCUT2D eigenvalue weighted by Crippen LogP contribution is -2.35. The summed E-state index contributed by atoms with van der Waals surface area (Å²) in [4.78, 5) is 12.2. The number of nitrogens with one attached hydrogen (secondary N) is 3. The lowest BCUT2D eigenvalue weighted by Gasteiger charge is -2.24. The first-order chi connectivity index (χ1) is 11.3. The third-order valence-corrected chi connectivity index (χ3v) is 4.52. The van der Waals surface area contributed by atoms with Crippen LogP contribution in [0.3, 0.4) is 0 Å². The molecular weight excluding hydrogens is 286 g/mol. The smallest absolute Gasteiger partial charge is 0.126 e. The molecule has 0 amide bonds. The summed E-state index contributed by atoms with van der Waals surface area (Å²) in [5, 5.41) is 8.11. The van der Waals surface area contributed by atoms with E-state index in [-0.39, 0.29) is 0 Å². The van der Waals surface area contributed by atoms with E-state index in [0.29, 0.717) is 6.04 Å². The zero-order chi connectivity index (χ0) is 15.6. The van der Waals surface area contributed by atoms with Gasteiger partial charge in [0.05, 0.1) is 11.7 Å². The number of fused-ring (bicyclic) bond motifs is 1. The van der Waals surface area contributed by atoms with E-state index >= 15 is 0 Å². The van der Waals surface area contributed by atoms with Gasteiger partial charge >= 0.3 is 0 Å². The van der Waals surface area contributed by atoms with Crippen molar-refractivity contribution in [1.29, 1.82) is 0 Å². The molecule has 118 valence electrons. The molecule has 1 aliphatic heterocycles. The fraction of sp³-hybridized carbons (Fsp3) is 0.333. The highest BCUT2D eigenvalue weighted by atomic mass is 15.0. The molecule has 3 aromatic heterocycles. The van der Waals surface area contributed by atoms with Crippen molar-refractivity contribution in [1.82, 2.24) is 20.3 Å². The number of rotatable bonds is 3. The van der Waals surface area contributed by atoms with Crippen molar-refractivity contribution in [2.45, 2.75) is 25.8 Å². The lowest BCUT2D eigenvalue weighted by molar-refractivity contribution is 0.478. The number of H-pyrrole nitrogens is 1. The van der Waals surface area contributed by atoms with Gasteiger partial charge in [0, 0.05) is 35.1 Å². The van der Waals surface area contributed by atoms with E-state index < -0.39 is 0 Å². The Balaban J connectivity index is 1.59. The van der Waals surface area contributed by atoms with Gasteiger partial charge in [-0.15, -0.1) is 0 Å². The van der Waals surface area contributed by atoms with Crippen molar-refractivity contribution >= 4 is 16.7 Å². The van der Waals surface area contributed by atoms with Crippen LogP contribution in [0.2, 0.25) is 0 Å². The summed E-state index contributed by atoms with van der Waals surface area (Å²) < 4.78 is 0. The number of aromatic amines is 1. The van der Waals surface area contributed by atoms with Crippen LogP contribution in [0.5, 0.6) is 0 Å². The Morgan fingerprint density at radius 3 is 2.83 bits per heavy atom. The Labute approximate surface area is 135 Å². The van der Waals surface area contributed by atoms with Gasteiger partial charge in [0.1, 0.15) is 5.82 Å². The van der Waals surface area contributed by atoms with E-state index in [4.69, 9.17) is 0 Å². The van der Waals surface area contributed by atoms with Gasteiger partial charge < -0.3 is 15.6 Å². The number of anilines is 1. The Kier molecular flexibility index (Phi) is 3.71. The molecule has 0 radical (unpaired) electrons. The second kappa shape index (κ2) is 6.01. The summed E-state index contributed by atoms with van der Waals surface area (Å²) in [7, 11) is 0. The van der Waals surface area contributed by atoms with Crippen molar-refractivity contribution < 1.29 is 0 Å². The van der Waals surface area contributed by atoms with Crippen LogP contribution in [-0.2, 0) is 0 Å². The Morgan fingerprint density at radius 1 is 1.17 bits per heavy atom. The molecule has 0 atom stereocenters. The molecule has 4 heterocycles. The van der Waals surface area contributed by atoms with E-state index in [9.17, 15) is 0 Å². The highest BCUT2D eigenvalue weighted by molar-refractivity contribution is 5.85. The fourth-order valence-corrected chi connectivity index (χ4v) is 3.21. The minimum absolute atomic E-state index is 0.521. The molecule has 0 bridgehead atoms. The molecule has 5 nitrogen and oxygen atoms in total. The largest absolute Gasteiger partial charge is 0.367 e. The molecule has 5 heteroatoms. The minimum atomic E-state index is 0.521. The van der Waals surface area contributed by atoms with Crippen molar-refractivity contribution in [2.75, 3.05) is 18.4 Å². The number of pyridine rings is 2. The van der Waals surface area contributed by atoms with Gasteiger partial charge in [-0.1, -0.05) is 0 Å². The number of nitrogens with zero attached hydrogens (tertiary/aromatic N) is 2. The lowest BCUT2D eigenvalue weighted by atomic mass is 10.1. The molecule has 0 spiro atoms. The molecule has 0 unspecified atom stereocenters. The molecule has 0 saturated carbocycles. The molecule has 1 saturated heterocycles. The average molecular weight is 307 g/mol. The monoisotopic (exact) mass is 307 g/mol. The first kappa shape index (κ1) is 14.2. The molecule has 23 heavy (non-hydrogen) atoms. The van der Waals surface area contributed by atoms with Gasteiger partial charge in [0.25, 0.3) is 0 Å². The van der Waals surface area contributed by atoms with Gasteiger partial charge in [0.2, 0.25) is 0 Å². The minimum Gasteiger partial charge on any atom is -0.367 e.